The fraction of sp³-hybridized carbons (Fsp3) is 0.211. The van der Waals surface area contributed by atoms with E-state index in [1.54, 1.807) is 18.5 Å². The molecule has 1 aromatic heterocycles. The van der Waals surface area contributed by atoms with Crippen LogP contribution in [-0.4, -0.2) is 16.3 Å². The summed E-state index contributed by atoms with van der Waals surface area (Å²) in [6, 6.07) is 9.36. The van der Waals surface area contributed by atoms with Crippen LogP contribution in [0.4, 0.5) is 0 Å². The van der Waals surface area contributed by atoms with Crippen LogP contribution in [0.25, 0.3) is 12.2 Å². The normalized spacial score (nSPS) is 16.1. The van der Waals surface area contributed by atoms with Gasteiger partial charge in [-0.2, -0.15) is 4.99 Å². The number of benzene rings is 1. The number of nitrogens with two attached hydrogens (primary N) is 1. The highest BCUT2D eigenvalue weighted by Gasteiger charge is 2.27. The van der Waals surface area contributed by atoms with Gasteiger partial charge < -0.3 is 9.97 Å². The Morgan fingerprint density at radius 2 is 1.56 bits per heavy atom. The number of hydrogen-bond donors (Lipinski definition) is 3. The first-order valence-corrected chi connectivity index (χ1v) is 8.08. The van der Waals surface area contributed by atoms with Gasteiger partial charge in [0.1, 0.15) is 22.1 Å². The molecule has 0 unspecified atom stereocenters. The number of rotatable bonds is 2. The van der Waals surface area contributed by atoms with Crippen LogP contribution in [0.3, 0.4) is 0 Å². The van der Waals surface area contributed by atoms with Crippen molar-refractivity contribution in [2.24, 2.45) is 10.4 Å². The highest BCUT2D eigenvalue weighted by Crippen LogP contribution is 2.24. The fourth-order valence-corrected chi connectivity index (χ4v) is 2.64. The van der Waals surface area contributed by atoms with E-state index in [-0.39, 0.29) is 27.2 Å². The molecule has 1 aliphatic heterocycles. The summed E-state index contributed by atoms with van der Waals surface area (Å²) < 4.78 is 0. The first kappa shape index (κ1) is 16.9. The Morgan fingerprint density at radius 3 is 2.16 bits per heavy atom. The predicted molar refractivity (Wildman–Crippen MR) is 98.3 cm³/mol. The van der Waals surface area contributed by atoms with Crippen LogP contribution in [0.15, 0.2) is 56.3 Å². The minimum absolute atomic E-state index is 0.101. The van der Waals surface area contributed by atoms with Crippen molar-refractivity contribution in [2.75, 3.05) is 0 Å². The maximum Gasteiger partial charge on any atom is 0.272 e. The Labute approximate surface area is 144 Å². The minimum Gasteiger partial charge on any atom is -0.316 e. The maximum absolute atomic E-state index is 12.4. The van der Waals surface area contributed by atoms with Crippen LogP contribution in [0.5, 0.6) is 0 Å². The van der Waals surface area contributed by atoms with Crippen molar-refractivity contribution in [3.8, 4) is 0 Å². The SMILES string of the molecule is CC(C)(C)C1=C(C=c2[nH]c(=O)c(=Cc3ccccc3)[nH]c2=O)N=C[NH2+]1. The largest absolute Gasteiger partial charge is 0.316 e. The first-order chi connectivity index (χ1) is 11.8. The van der Waals surface area contributed by atoms with Crippen LogP contribution in [0.2, 0.25) is 0 Å². The summed E-state index contributed by atoms with van der Waals surface area (Å²) in [5.41, 5.74) is 1.74. The number of quaternary nitrogens is 1. The summed E-state index contributed by atoms with van der Waals surface area (Å²) in [6.45, 7) is 6.23. The molecule has 4 N–H and O–H groups in total. The second-order valence-electron chi connectivity index (χ2n) is 6.93. The van der Waals surface area contributed by atoms with E-state index in [2.05, 4.69) is 35.7 Å². The molecule has 6 heteroatoms. The van der Waals surface area contributed by atoms with Crippen molar-refractivity contribution in [1.82, 2.24) is 9.97 Å². The molecule has 0 saturated heterocycles. The fourth-order valence-electron chi connectivity index (χ4n) is 2.64. The van der Waals surface area contributed by atoms with E-state index >= 15 is 0 Å². The van der Waals surface area contributed by atoms with Crippen LogP contribution in [0.1, 0.15) is 26.3 Å². The molecule has 0 saturated carbocycles. The number of nitrogens with zero attached hydrogens (tertiary/aromatic N) is 1. The molecule has 0 atom stereocenters. The lowest BCUT2D eigenvalue weighted by molar-refractivity contribution is -0.483. The minimum atomic E-state index is -0.357. The monoisotopic (exact) mass is 337 g/mol. The van der Waals surface area contributed by atoms with E-state index in [1.165, 1.54) is 0 Å². The van der Waals surface area contributed by atoms with Crippen molar-refractivity contribution in [2.45, 2.75) is 20.8 Å². The summed E-state index contributed by atoms with van der Waals surface area (Å²) in [5, 5.41) is 2.34. The lowest BCUT2D eigenvalue weighted by Gasteiger charge is -2.16. The third-order valence-electron chi connectivity index (χ3n) is 3.92. The molecule has 6 nitrogen and oxygen atoms in total. The number of aromatic amines is 2. The Kier molecular flexibility index (Phi) is 4.37. The topological polar surface area (TPSA) is 94.7 Å². The summed E-state index contributed by atoms with van der Waals surface area (Å²) in [4.78, 5) is 34.3. The highest BCUT2D eigenvalue weighted by atomic mass is 16.1. The van der Waals surface area contributed by atoms with Crippen molar-refractivity contribution in [3.63, 3.8) is 0 Å². The summed E-state index contributed by atoms with van der Waals surface area (Å²) >= 11 is 0. The zero-order valence-corrected chi connectivity index (χ0v) is 14.5. The van der Waals surface area contributed by atoms with Gasteiger partial charge in [-0.3, -0.25) is 14.9 Å². The maximum atomic E-state index is 12.4. The van der Waals surface area contributed by atoms with Gasteiger partial charge in [0.15, 0.2) is 6.34 Å². The number of hydrogen-bond acceptors (Lipinski definition) is 3. The Bertz CT molecular complexity index is 1080. The smallest absolute Gasteiger partial charge is 0.272 e. The van der Waals surface area contributed by atoms with Gasteiger partial charge >= 0.3 is 0 Å². The van der Waals surface area contributed by atoms with Gasteiger partial charge in [-0.15, -0.1) is 0 Å². The molecule has 2 heterocycles. The van der Waals surface area contributed by atoms with E-state index in [1.807, 2.05) is 35.6 Å². The van der Waals surface area contributed by atoms with Gasteiger partial charge in [0.05, 0.1) is 0 Å². The van der Waals surface area contributed by atoms with Gasteiger partial charge in [-0.05, 0) is 17.7 Å². The van der Waals surface area contributed by atoms with Gasteiger partial charge in [0.25, 0.3) is 11.1 Å². The van der Waals surface area contributed by atoms with Crippen LogP contribution < -0.4 is 27.1 Å². The van der Waals surface area contributed by atoms with Crippen molar-refractivity contribution in [1.29, 1.82) is 0 Å². The predicted octanol–water partition coefficient (Wildman–Crippen LogP) is -0.464. The molecule has 2 aromatic rings. The van der Waals surface area contributed by atoms with E-state index in [4.69, 9.17) is 0 Å². The number of aliphatic imine (C=N–C) groups is 1. The van der Waals surface area contributed by atoms with Crippen LogP contribution in [-0.2, 0) is 0 Å². The zero-order valence-electron chi connectivity index (χ0n) is 14.5. The second-order valence-corrected chi connectivity index (χ2v) is 6.93. The average Bonchev–Trinajstić information content (AvgIpc) is 3.02. The van der Waals surface area contributed by atoms with Gasteiger partial charge in [0, 0.05) is 5.41 Å². The quantitative estimate of drug-likeness (QED) is 0.691. The molecule has 0 radical (unpaired) electrons. The Morgan fingerprint density at radius 1 is 0.960 bits per heavy atom. The van der Waals surface area contributed by atoms with Gasteiger partial charge in [-0.25, -0.2) is 0 Å². The summed E-state index contributed by atoms with van der Waals surface area (Å²) in [5.74, 6) is 0. The molecule has 1 aliphatic rings. The molecular weight excluding hydrogens is 316 g/mol. The van der Waals surface area contributed by atoms with Crippen molar-refractivity contribution in [3.05, 3.63) is 78.7 Å². The average molecular weight is 337 g/mol. The van der Waals surface area contributed by atoms with E-state index < -0.39 is 0 Å². The number of aromatic nitrogens is 2. The number of allylic oxidation sites excluding steroid dienone is 2. The number of nitrogens with one attached hydrogen (secondary N) is 2. The molecule has 0 spiro atoms. The molecule has 1 aromatic carbocycles. The number of H-pyrrole nitrogens is 2. The molecule has 3 rings (SSSR count). The Hall–Kier alpha value is -2.99. The van der Waals surface area contributed by atoms with E-state index in [0.29, 0.717) is 5.70 Å². The van der Waals surface area contributed by atoms with Crippen LogP contribution >= 0.6 is 0 Å². The van der Waals surface area contributed by atoms with Gasteiger partial charge in [0.2, 0.25) is 0 Å². The standard InChI is InChI=1S/C19H20N4O2/c1-19(2,3)16-13(20-11-21-16)10-15-18(25)22-14(17(24)23-15)9-12-7-5-4-6-8-12/h4-11H,1-3H3,(H,20,21)(H,22,25)(H,23,24)/p+1. The molecule has 0 bridgehead atoms. The highest BCUT2D eigenvalue weighted by molar-refractivity contribution is 5.60. The lowest BCUT2D eigenvalue weighted by atomic mass is 9.91. The molecule has 128 valence electrons. The van der Waals surface area contributed by atoms with E-state index in [9.17, 15) is 9.59 Å². The molecule has 0 fully saturated rings. The third kappa shape index (κ3) is 3.75. The van der Waals surface area contributed by atoms with E-state index in [0.717, 1.165) is 11.3 Å². The second kappa shape index (κ2) is 6.49. The van der Waals surface area contributed by atoms with Crippen molar-refractivity contribution >= 4 is 18.5 Å². The summed E-state index contributed by atoms with van der Waals surface area (Å²) in [7, 11) is 0. The zero-order chi connectivity index (χ0) is 18.0. The molecule has 25 heavy (non-hydrogen) atoms. The summed E-state index contributed by atoms with van der Waals surface area (Å²) in [6.07, 6.45) is 4.97. The molecule has 0 amide bonds. The van der Waals surface area contributed by atoms with Crippen LogP contribution in [0, 0.1) is 5.41 Å². The lowest BCUT2D eigenvalue weighted by Crippen LogP contribution is -2.81. The van der Waals surface area contributed by atoms with Crippen molar-refractivity contribution < 1.29 is 5.32 Å². The third-order valence-corrected chi connectivity index (χ3v) is 3.92. The molecule has 0 aliphatic carbocycles. The van der Waals surface area contributed by atoms with Gasteiger partial charge in [-0.1, -0.05) is 51.1 Å². The first-order valence-electron chi connectivity index (χ1n) is 8.08. The molecular formula is C19H21N4O2+. The Balaban J connectivity index is 2.14.